The summed E-state index contributed by atoms with van der Waals surface area (Å²) in [5.41, 5.74) is 7.71. The smallest absolute Gasteiger partial charge is 0.253 e. The standard InChI is InChI=1S/C21H27N3O2S.ClH/c1-21(2,3)15-8-10-16(11-9-15)27-14-19(25)24-18-7-5-4-6-17(18)20(26)23-13-12-22;/h4-11H,12-14,22H2,1-3H3,(H,23,26)(H,24,25);1H. The Hall–Kier alpha value is -2.02. The highest BCUT2D eigenvalue weighted by Gasteiger charge is 2.14. The second-order valence-electron chi connectivity index (χ2n) is 7.20. The topological polar surface area (TPSA) is 84.2 Å². The van der Waals surface area contributed by atoms with Crippen LogP contribution in [0.4, 0.5) is 5.69 Å². The molecule has 0 aliphatic heterocycles. The van der Waals surface area contributed by atoms with Gasteiger partial charge in [-0.1, -0.05) is 45.0 Å². The monoisotopic (exact) mass is 421 g/mol. The summed E-state index contributed by atoms with van der Waals surface area (Å²) in [6, 6.07) is 15.2. The predicted octanol–water partition coefficient (Wildman–Crippen LogP) is 3.83. The molecule has 0 aliphatic carbocycles. The molecule has 2 rings (SSSR count). The Balaban J connectivity index is 0.00000392. The molecule has 0 fully saturated rings. The number of hydrogen-bond donors (Lipinski definition) is 3. The van der Waals surface area contributed by atoms with Crippen LogP contribution in [-0.2, 0) is 10.2 Å². The number of benzene rings is 2. The highest BCUT2D eigenvalue weighted by molar-refractivity contribution is 8.00. The van der Waals surface area contributed by atoms with E-state index in [0.717, 1.165) is 4.90 Å². The summed E-state index contributed by atoms with van der Waals surface area (Å²) in [7, 11) is 0. The van der Waals surface area contributed by atoms with Crippen LogP contribution < -0.4 is 16.4 Å². The van der Waals surface area contributed by atoms with E-state index >= 15 is 0 Å². The molecule has 2 amide bonds. The number of nitrogens with two attached hydrogens (primary N) is 1. The number of para-hydroxylation sites is 1. The van der Waals surface area contributed by atoms with Gasteiger partial charge in [-0.15, -0.1) is 24.2 Å². The maximum Gasteiger partial charge on any atom is 0.253 e. The highest BCUT2D eigenvalue weighted by atomic mass is 35.5. The second kappa shape index (κ2) is 11.1. The minimum Gasteiger partial charge on any atom is -0.351 e. The molecule has 0 saturated carbocycles. The molecule has 7 heteroatoms. The molecule has 0 aliphatic rings. The Morgan fingerprint density at radius 3 is 2.29 bits per heavy atom. The van der Waals surface area contributed by atoms with Gasteiger partial charge in [0.2, 0.25) is 5.91 Å². The van der Waals surface area contributed by atoms with E-state index < -0.39 is 0 Å². The molecule has 0 aromatic heterocycles. The first-order valence-electron chi connectivity index (χ1n) is 8.92. The average molecular weight is 422 g/mol. The van der Waals surface area contributed by atoms with Crippen molar-refractivity contribution in [2.45, 2.75) is 31.1 Å². The van der Waals surface area contributed by atoms with E-state index in [1.165, 1.54) is 17.3 Å². The van der Waals surface area contributed by atoms with Crippen molar-refractivity contribution in [3.05, 3.63) is 59.7 Å². The van der Waals surface area contributed by atoms with E-state index in [9.17, 15) is 9.59 Å². The van der Waals surface area contributed by atoms with Gasteiger partial charge in [-0.2, -0.15) is 0 Å². The highest BCUT2D eigenvalue weighted by Crippen LogP contribution is 2.26. The van der Waals surface area contributed by atoms with E-state index in [4.69, 9.17) is 5.73 Å². The first kappa shape index (κ1) is 24.0. The molecule has 152 valence electrons. The Morgan fingerprint density at radius 2 is 1.68 bits per heavy atom. The zero-order valence-corrected chi connectivity index (χ0v) is 18.1. The molecule has 0 saturated heterocycles. The minimum atomic E-state index is -0.248. The van der Waals surface area contributed by atoms with Gasteiger partial charge in [0.25, 0.3) is 5.91 Å². The third-order valence-electron chi connectivity index (χ3n) is 3.97. The van der Waals surface area contributed by atoms with Gasteiger partial charge in [0.1, 0.15) is 0 Å². The summed E-state index contributed by atoms with van der Waals surface area (Å²) >= 11 is 1.47. The largest absolute Gasteiger partial charge is 0.351 e. The number of thioether (sulfide) groups is 1. The van der Waals surface area contributed by atoms with Gasteiger partial charge >= 0.3 is 0 Å². The van der Waals surface area contributed by atoms with Crippen molar-refractivity contribution in [3.63, 3.8) is 0 Å². The second-order valence-corrected chi connectivity index (χ2v) is 8.25. The maximum atomic E-state index is 12.3. The lowest BCUT2D eigenvalue weighted by molar-refractivity contribution is -0.113. The maximum absolute atomic E-state index is 12.3. The summed E-state index contributed by atoms with van der Waals surface area (Å²) in [6.45, 7) is 7.27. The van der Waals surface area contributed by atoms with Crippen LogP contribution in [0.5, 0.6) is 0 Å². The van der Waals surface area contributed by atoms with Gasteiger partial charge in [0.15, 0.2) is 0 Å². The van der Waals surface area contributed by atoms with Gasteiger partial charge in [0, 0.05) is 18.0 Å². The lowest BCUT2D eigenvalue weighted by atomic mass is 9.87. The van der Waals surface area contributed by atoms with Crippen molar-refractivity contribution in [2.75, 3.05) is 24.2 Å². The van der Waals surface area contributed by atoms with Gasteiger partial charge in [-0.25, -0.2) is 0 Å². The van der Waals surface area contributed by atoms with E-state index in [1.54, 1.807) is 24.3 Å². The van der Waals surface area contributed by atoms with Crippen molar-refractivity contribution >= 4 is 41.7 Å². The zero-order chi connectivity index (χ0) is 19.9. The summed E-state index contributed by atoms with van der Waals surface area (Å²) in [4.78, 5) is 25.5. The molecule has 0 spiro atoms. The number of halogens is 1. The molecule has 5 nitrogen and oxygen atoms in total. The lowest BCUT2D eigenvalue weighted by Gasteiger charge is -2.19. The molecule has 2 aromatic carbocycles. The molecule has 28 heavy (non-hydrogen) atoms. The van der Waals surface area contributed by atoms with Crippen molar-refractivity contribution in [1.29, 1.82) is 0 Å². The quantitative estimate of drug-likeness (QED) is 0.593. The molecule has 0 atom stereocenters. The number of nitrogens with one attached hydrogen (secondary N) is 2. The summed E-state index contributed by atoms with van der Waals surface area (Å²) < 4.78 is 0. The van der Waals surface area contributed by atoms with Crippen molar-refractivity contribution in [2.24, 2.45) is 5.73 Å². The van der Waals surface area contributed by atoms with E-state index in [0.29, 0.717) is 24.3 Å². The van der Waals surface area contributed by atoms with E-state index in [2.05, 4.69) is 43.5 Å². The zero-order valence-electron chi connectivity index (χ0n) is 16.5. The van der Waals surface area contributed by atoms with Crippen LogP contribution in [0, 0.1) is 0 Å². The molecule has 0 bridgehead atoms. The fourth-order valence-electron chi connectivity index (χ4n) is 2.46. The number of hydrogen-bond acceptors (Lipinski definition) is 4. The number of carbonyl (C=O) groups excluding carboxylic acids is 2. The summed E-state index contributed by atoms with van der Waals surface area (Å²) in [5, 5.41) is 5.54. The summed E-state index contributed by atoms with van der Waals surface area (Å²) in [5.74, 6) is -0.131. The Labute approximate surface area is 177 Å². The number of rotatable bonds is 7. The van der Waals surface area contributed by atoms with Gasteiger partial charge in [-0.3, -0.25) is 9.59 Å². The Kier molecular flexibility index (Phi) is 9.52. The van der Waals surface area contributed by atoms with Crippen LogP contribution in [0.15, 0.2) is 53.4 Å². The van der Waals surface area contributed by atoms with Crippen molar-refractivity contribution < 1.29 is 9.59 Å². The number of carbonyl (C=O) groups is 2. The summed E-state index contributed by atoms with van der Waals surface area (Å²) in [6.07, 6.45) is 0. The molecular formula is C21H28ClN3O2S. The lowest BCUT2D eigenvalue weighted by Crippen LogP contribution is -2.30. The fourth-order valence-corrected chi connectivity index (χ4v) is 3.16. The third-order valence-corrected chi connectivity index (χ3v) is 4.98. The molecule has 0 heterocycles. The molecule has 4 N–H and O–H groups in total. The van der Waals surface area contributed by atoms with Crippen LogP contribution >= 0.6 is 24.2 Å². The van der Waals surface area contributed by atoms with Crippen LogP contribution in [0.2, 0.25) is 0 Å². The van der Waals surface area contributed by atoms with Crippen LogP contribution in [0.3, 0.4) is 0 Å². The van der Waals surface area contributed by atoms with E-state index in [1.807, 2.05) is 12.1 Å². The Morgan fingerprint density at radius 1 is 1.04 bits per heavy atom. The Bertz CT molecular complexity index is 789. The normalized spacial score (nSPS) is 10.7. The molecule has 0 unspecified atom stereocenters. The van der Waals surface area contributed by atoms with Gasteiger partial charge in [-0.05, 0) is 35.2 Å². The SMILES string of the molecule is CC(C)(C)c1ccc(SCC(=O)Nc2ccccc2C(=O)NCCN)cc1.Cl. The third kappa shape index (κ3) is 7.19. The van der Waals surface area contributed by atoms with Crippen LogP contribution in [0.1, 0.15) is 36.7 Å². The van der Waals surface area contributed by atoms with Crippen LogP contribution in [-0.4, -0.2) is 30.7 Å². The molecule has 0 radical (unpaired) electrons. The molecular weight excluding hydrogens is 394 g/mol. The van der Waals surface area contributed by atoms with Crippen LogP contribution in [0.25, 0.3) is 0 Å². The van der Waals surface area contributed by atoms with Gasteiger partial charge in [0.05, 0.1) is 17.0 Å². The number of anilines is 1. The predicted molar refractivity (Wildman–Crippen MR) is 120 cm³/mol. The van der Waals surface area contributed by atoms with E-state index in [-0.39, 0.29) is 35.4 Å². The number of amides is 2. The van der Waals surface area contributed by atoms with Crippen molar-refractivity contribution in [1.82, 2.24) is 5.32 Å². The average Bonchev–Trinajstić information content (AvgIpc) is 2.64. The fraction of sp³-hybridized carbons (Fsp3) is 0.333. The van der Waals surface area contributed by atoms with Crippen molar-refractivity contribution in [3.8, 4) is 0 Å². The first-order chi connectivity index (χ1) is 12.8. The first-order valence-corrected chi connectivity index (χ1v) is 9.90. The minimum absolute atomic E-state index is 0. The van der Waals surface area contributed by atoms with Gasteiger partial charge < -0.3 is 16.4 Å². The molecule has 2 aromatic rings.